The lowest BCUT2D eigenvalue weighted by molar-refractivity contribution is -0.117. The van der Waals surface area contributed by atoms with Crippen LogP contribution in [0.15, 0.2) is 42.5 Å². The Morgan fingerprint density at radius 3 is 2.71 bits per heavy atom. The molecule has 2 heterocycles. The zero-order valence-electron chi connectivity index (χ0n) is 11.4. The number of nitrogens with zero attached hydrogens (tertiary/aromatic N) is 3. The van der Waals surface area contributed by atoms with Crippen LogP contribution in [0.25, 0.3) is 0 Å². The Bertz CT molecular complexity index is 617. The molecule has 1 saturated heterocycles. The van der Waals surface area contributed by atoms with Crippen molar-refractivity contribution in [2.75, 3.05) is 23.3 Å². The molecule has 1 atom stereocenters. The minimum absolute atomic E-state index is 0.123. The molecule has 1 aliphatic heterocycles. The van der Waals surface area contributed by atoms with Crippen LogP contribution >= 0.6 is 0 Å². The van der Waals surface area contributed by atoms with Gasteiger partial charge in [-0.3, -0.25) is 4.79 Å². The Kier molecular flexibility index (Phi) is 3.77. The van der Waals surface area contributed by atoms with E-state index >= 15 is 0 Å². The molecule has 0 spiro atoms. The molecule has 108 valence electrons. The van der Waals surface area contributed by atoms with Crippen molar-refractivity contribution in [2.24, 2.45) is 5.92 Å². The number of anilines is 2. The van der Waals surface area contributed by atoms with Crippen molar-refractivity contribution in [2.45, 2.75) is 6.42 Å². The SMILES string of the molecule is O=C1CC(CNc2ccc(F)nn2)CN1c1ccccc1. The first-order valence-corrected chi connectivity index (χ1v) is 6.81. The quantitative estimate of drug-likeness (QED) is 0.935. The van der Waals surface area contributed by atoms with E-state index in [0.717, 1.165) is 5.69 Å². The van der Waals surface area contributed by atoms with E-state index in [0.29, 0.717) is 25.3 Å². The third kappa shape index (κ3) is 3.16. The number of nitrogens with one attached hydrogen (secondary N) is 1. The van der Waals surface area contributed by atoms with Crippen LogP contribution in [0.4, 0.5) is 15.9 Å². The first kappa shape index (κ1) is 13.5. The molecule has 6 heteroatoms. The Labute approximate surface area is 121 Å². The van der Waals surface area contributed by atoms with Crippen LogP contribution in [0.5, 0.6) is 0 Å². The van der Waals surface area contributed by atoms with Crippen molar-refractivity contribution in [3.05, 3.63) is 48.4 Å². The number of hydrogen-bond acceptors (Lipinski definition) is 4. The molecular weight excluding hydrogens is 271 g/mol. The van der Waals surface area contributed by atoms with Crippen LogP contribution in [0.3, 0.4) is 0 Å². The Morgan fingerprint density at radius 1 is 1.19 bits per heavy atom. The summed E-state index contributed by atoms with van der Waals surface area (Å²) in [7, 11) is 0. The Balaban J connectivity index is 1.59. The maximum Gasteiger partial charge on any atom is 0.233 e. The lowest BCUT2D eigenvalue weighted by Gasteiger charge is -2.16. The van der Waals surface area contributed by atoms with E-state index in [1.54, 1.807) is 4.90 Å². The number of hydrogen-bond donors (Lipinski definition) is 1. The van der Waals surface area contributed by atoms with Gasteiger partial charge in [-0.25, -0.2) is 0 Å². The van der Waals surface area contributed by atoms with Gasteiger partial charge in [0.15, 0.2) is 0 Å². The Morgan fingerprint density at radius 2 is 2.00 bits per heavy atom. The van der Waals surface area contributed by atoms with E-state index in [-0.39, 0.29) is 11.8 Å². The molecule has 1 fully saturated rings. The van der Waals surface area contributed by atoms with Gasteiger partial charge >= 0.3 is 0 Å². The third-order valence-corrected chi connectivity index (χ3v) is 3.48. The number of halogens is 1. The topological polar surface area (TPSA) is 58.1 Å². The molecule has 0 radical (unpaired) electrons. The largest absolute Gasteiger partial charge is 0.368 e. The molecule has 0 bridgehead atoms. The summed E-state index contributed by atoms with van der Waals surface area (Å²) in [5.41, 5.74) is 0.923. The molecule has 3 rings (SSSR count). The van der Waals surface area contributed by atoms with Crippen molar-refractivity contribution >= 4 is 17.4 Å². The van der Waals surface area contributed by atoms with Gasteiger partial charge in [-0.15, -0.1) is 10.2 Å². The molecule has 1 amide bonds. The van der Waals surface area contributed by atoms with Crippen molar-refractivity contribution in [1.29, 1.82) is 0 Å². The minimum atomic E-state index is -0.605. The van der Waals surface area contributed by atoms with E-state index in [9.17, 15) is 9.18 Å². The van der Waals surface area contributed by atoms with Gasteiger partial charge in [0.1, 0.15) is 5.82 Å². The van der Waals surface area contributed by atoms with Gasteiger partial charge in [-0.2, -0.15) is 4.39 Å². The highest BCUT2D eigenvalue weighted by molar-refractivity contribution is 5.95. The normalized spacial score (nSPS) is 18.0. The van der Waals surface area contributed by atoms with Gasteiger partial charge in [0.25, 0.3) is 0 Å². The lowest BCUT2D eigenvalue weighted by Crippen LogP contribution is -2.25. The van der Waals surface area contributed by atoms with Gasteiger partial charge in [0.05, 0.1) is 0 Å². The highest BCUT2D eigenvalue weighted by atomic mass is 19.1. The van der Waals surface area contributed by atoms with E-state index in [4.69, 9.17) is 0 Å². The lowest BCUT2D eigenvalue weighted by atomic mass is 10.1. The van der Waals surface area contributed by atoms with Gasteiger partial charge in [0.2, 0.25) is 11.9 Å². The van der Waals surface area contributed by atoms with Gasteiger partial charge in [-0.1, -0.05) is 18.2 Å². The number of carbonyl (C=O) groups excluding carboxylic acids is 1. The van der Waals surface area contributed by atoms with Gasteiger partial charge < -0.3 is 10.2 Å². The maximum atomic E-state index is 12.7. The van der Waals surface area contributed by atoms with E-state index in [1.807, 2.05) is 30.3 Å². The first-order valence-electron chi connectivity index (χ1n) is 6.81. The summed E-state index contributed by atoms with van der Waals surface area (Å²) in [4.78, 5) is 13.9. The third-order valence-electron chi connectivity index (χ3n) is 3.48. The van der Waals surface area contributed by atoms with Crippen LogP contribution in [0.1, 0.15) is 6.42 Å². The van der Waals surface area contributed by atoms with E-state index in [2.05, 4.69) is 15.5 Å². The van der Waals surface area contributed by atoms with Crippen LogP contribution in [0, 0.1) is 11.9 Å². The fourth-order valence-electron chi connectivity index (χ4n) is 2.43. The Hall–Kier alpha value is -2.50. The number of rotatable bonds is 4. The number of amides is 1. The van der Waals surface area contributed by atoms with Crippen LogP contribution < -0.4 is 10.2 Å². The average Bonchev–Trinajstić information content (AvgIpc) is 2.89. The molecule has 21 heavy (non-hydrogen) atoms. The van der Waals surface area contributed by atoms with Crippen LogP contribution in [0.2, 0.25) is 0 Å². The molecule has 0 aliphatic carbocycles. The monoisotopic (exact) mass is 286 g/mol. The first-order chi connectivity index (χ1) is 10.2. The summed E-state index contributed by atoms with van der Waals surface area (Å²) < 4.78 is 12.7. The number of carbonyl (C=O) groups is 1. The summed E-state index contributed by atoms with van der Waals surface area (Å²) in [5, 5.41) is 10.1. The van der Waals surface area contributed by atoms with Crippen molar-refractivity contribution < 1.29 is 9.18 Å². The van der Waals surface area contributed by atoms with Crippen molar-refractivity contribution in [3.8, 4) is 0 Å². The second-order valence-corrected chi connectivity index (χ2v) is 5.03. The van der Waals surface area contributed by atoms with E-state index in [1.165, 1.54) is 12.1 Å². The highest BCUT2D eigenvalue weighted by Gasteiger charge is 2.30. The van der Waals surface area contributed by atoms with E-state index < -0.39 is 5.95 Å². The molecule has 1 N–H and O–H groups in total. The zero-order valence-corrected chi connectivity index (χ0v) is 11.4. The molecule has 5 nitrogen and oxygen atoms in total. The zero-order chi connectivity index (χ0) is 14.7. The minimum Gasteiger partial charge on any atom is -0.368 e. The fraction of sp³-hybridized carbons (Fsp3) is 0.267. The molecular formula is C15H15FN4O. The molecule has 1 aromatic heterocycles. The fourth-order valence-corrected chi connectivity index (χ4v) is 2.43. The number of benzene rings is 1. The second kappa shape index (κ2) is 5.87. The predicted octanol–water partition coefficient (Wildman–Crippen LogP) is 2.08. The summed E-state index contributed by atoms with van der Waals surface area (Å²) in [5.74, 6) is 0.233. The van der Waals surface area contributed by atoms with Gasteiger partial charge in [-0.05, 0) is 24.3 Å². The summed E-state index contributed by atoms with van der Waals surface area (Å²) in [6, 6.07) is 12.4. The standard InChI is InChI=1S/C15H15FN4O/c16-13-6-7-14(19-18-13)17-9-11-8-15(21)20(10-11)12-4-2-1-3-5-12/h1-7,11H,8-10H2,(H,17,19). The smallest absolute Gasteiger partial charge is 0.233 e. The molecule has 1 unspecified atom stereocenters. The predicted molar refractivity (Wildman–Crippen MR) is 77.4 cm³/mol. The van der Waals surface area contributed by atoms with Crippen molar-refractivity contribution in [3.63, 3.8) is 0 Å². The molecule has 1 aliphatic rings. The molecule has 0 saturated carbocycles. The number of para-hydroxylation sites is 1. The van der Waals surface area contributed by atoms with Crippen molar-refractivity contribution in [1.82, 2.24) is 10.2 Å². The summed E-state index contributed by atoms with van der Waals surface area (Å²) >= 11 is 0. The second-order valence-electron chi connectivity index (χ2n) is 5.03. The molecule has 1 aromatic carbocycles. The number of aromatic nitrogens is 2. The maximum absolute atomic E-state index is 12.7. The summed E-state index contributed by atoms with van der Waals surface area (Å²) in [6.45, 7) is 1.28. The van der Waals surface area contributed by atoms with Gasteiger partial charge in [0, 0.05) is 31.1 Å². The van der Waals surface area contributed by atoms with Crippen LogP contribution in [-0.2, 0) is 4.79 Å². The highest BCUT2D eigenvalue weighted by Crippen LogP contribution is 2.24. The average molecular weight is 286 g/mol. The summed E-state index contributed by atoms with van der Waals surface area (Å²) in [6.07, 6.45) is 0.497. The van der Waals surface area contributed by atoms with Crippen LogP contribution in [-0.4, -0.2) is 29.2 Å². The molecule has 2 aromatic rings.